The van der Waals surface area contributed by atoms with Gasteiger partial charge in [-0.15, -0.1) is 0 Å². The summed E-state index contributed by atoms with van der Waals surface area (Å²) in [5.74, 6) is -2.42. The zero-order valence-electron chi connectivity index (χ0n) is 12.9. The molecule has 0 aromatic rings. The lowest BCUT2D eigenvalue weighted by molar-refractivity contribution is -0.240. The molecule has 0 aliphatic heterocycles. The number of hydrogen-bond acceptors (Lipinski definition) is 0. The molecule has 0 aromatic carbocycles. The summed E-state index contributed by atoms with van der Waals surface area (Å²) < 4.78 is 70.7. The summed E-state index contributed by atoms with van der Waals surface area (Å²) in [6.45, 7) is 5.77. The Bertz CT molecular complexity index is 452. The molecule has 0 saturated heterocycles. The van der Waals surface area contributed by atoms with Gasteiger partial charge in [0.15, 0.2) is 0 Å². The zero-order valence-corrected chi connectivity index (χ0v) is 12.9. The molecule has 3 aliphatic rings. The van der Waals surface area contributed by atoms with Gasteiger partial charge in [0.25, 0.3) is 0 Å². The maximum Gasteiger partial charge on any atom is 0.395 e. The van der Waals surface area contributed by atoms with Crippen LogP contribution in [0.3, 0.4) is 0 Å². The van der Waals surface area contributed by atoms with Crippen molar-refractivity contribution in [1.82, 2.24) is 0 Å². The summed E-state index contributed by atoms with van der Waals surface area (Å²) >= 11 is 0. The van der Waals surface area contributed by atoms with E-state index < -0.39 is 34.8 Å². The average Bonchev–Trinajstić information content (AvgIpc) is 2.91. The van der Waals surface area contributed by atoms with Crippen molar-refractivity contribution in [2.75, 3.05) is 0 Å². The van der Waals surface area contributed by atoms with Crippen LogP contribution < -0.4 is 0 Å². The topological polar surface area (TPSA) is 0 Å². The Morgan fingerprint density at radius 2 is 1.52 bits per heavy atom. The fraction of sp³-hybridized carbons (Fsp3) is 1.00. The maximum absolute atomic E-state index is 15.2. The lowest BCUT2D eigenvalue weighted by atomic mass is 9.59. The summed E-state index contributed by atoms with van der Waals surface area (Å²) in [5.41, 5.74) is -4.66. The minimum absolute atomic E-state index is 0.0389. The molecular weight excluding hydrogens is 287 g/mol. The standard InChI is InChI=1S/C16H23F5/c1-13(2)8-5-6-9-10(7-8)14(9,3)11(16(19,20)21)12(17)15(13,4)18/h8-12H,5-7H2,1-4H3. The van der Waals surface area contributed by atoms with Crippen LogP contribution in [-0.4, -0.2) is 18.0 Å². The van der Waals surface area contributed by atoms with Crippen molar-refractivity contribution in [2.45, 2.75) is 65.0 Å². The van der Waals surface area contributed by atoms with E-state index in [1.54, 1.807) is 13.8 Å². The molecule has 122 valence electrons. The van der Waals surface area contributed by atoms with E-state index in [1.165, 1.54) is 6.92 Å². The summed E-state index contributed by atoms with van der Waals surface area (Å²) in [5, 5.41) is 0. The lowest BCUT2D eigenvalue weighted by Gasteiger charge is -2.50. The molecule has 7 atom stereocenters. The van der Waals surface area contributed by atoms with Gasteiger partial charge >= 0.3 is 6.18 Å². The number of fused-ring (bicyclic) bond motifs is 2. The Kier molecular flexibility index (Phi) is 2.92. The molecule has 0 radical (unpaired) electrons. The monoisotopic (exact) mass is 310 g/mol. The van der Waals surface area contributed by atoms with Gasteiger partial charge < -0.3 is 0 Å². The molecule has 3 saturated carbocycles. The molecular formula is C16H23F5. The van der Waals surface area contributed by atoms with E-state index in [0.717, 1.165) is 6.92 Å². The molecule has 3 fully saturated rings. The van der Waals surface area contributed by atoms with Crippen molar-refractivity contribution in [3.63, 3.8) is 0 Å². The van der Waals surface area contributed by atoms with Crippen LogP contribution in [0, 0.1) is 34.5 Å². The summed E-state index contributed by atoms with van der Waals surface area (Å²) in [6, 6.07) is 0. The van der Waals surface area contributed by atoms with Gasteiger partial charge in [0.1, 0.15) is 11.8 Å². The second kappa shape index (κ2) is 3.94. The van der Waals surface area contributed by atoms with E-state index >= 15 is 4.39 Å². The van der Waals surface area contributed by atoms with Gasteiger partial charge in [0, 0.05) is 5.41 Å². The van der Waals surface area contributed by atoms with Crippen molar-refractivity contribution in [2.24, 2.45) is 34.5 Å². The summed E-state index contributed by atoms with van der Waals surface area (Å²) in [7, 11) is 0. The Morgan fingerprint density at radius 1 is 0.952 bits per heavy atom. The number of hydrogen-bond donors (Lipinski definition) is 0. The average molecular weight is 310 g/mol. The van der Waals surface area contributed by atoms with Crippen molar-refractivity contribution >= 4 is 0 Å². The van der Waals surface area contributed by atoms with Crippen molar-refractivity contribution < 1.29 is 22.0 Å². The highest BCUT2D eigenvalue weighted by Gasteiger charge is 2.77. The third-order valence-electron chi connectivity index (χ3n) is 7.45. The quantitative estimate of drug-likeness (QED) is 0.531. The van der Waals surface area contributed by atoms with E-state index in [9.17, 15) is 17.6 Å². The first-order chi connectivity index (χ1) is 9.36. The summed E-state index contributed by atoms with van der Waals surface area (Å²) in [4.78, 5) is 0. The fourth-order valence-electron chi connectivity index (χ4n) is 5.48. The van der Waals surface area contributed by atoms with Crippen molar-refractivity contribution in [1.29, 1.82) is 0 Å². The molecule has 3 rings (SSSR count). The number of alkyl halides is 5. The molecule has 21 heavy (non-hydrogen) atoms. The second-order valence-electron chi connectivity index (χ2n) is 8.31. The smallest absolute Gasteiger partial charge is 0.243 e. The molecule has 2 bridgehead atoms. The third-order valence-corrected chi connectivity index (χ3v) is 7.45. The predicted octanol–water partition coefficient (Wildman–Crippen LogP) is 5.32. The SMILES string of the molecule is CC12C3CCC(CC31)C(C)(C)C(C)(F)C(F)C2C(F)(F)F. The highest BCUT2D eigenvalue weighted by atomic mass is 19.4. The molecule has 0 aromatic heterocycles. The van der Waals surface area contributed by atoms with E-state index in [0.29, 0.717) is 19.3 Å². The molecule has 0 amide bonds. The Hall–Kier alpha value is -0.350. The number of rotatable bonds is 0. The Morgan fingerprint density at radius 3 is 2.05 bits per heavy atom. The Balaban J connectivity index is 2.14. The minimum Gasteiger partial charge on any atom is -0.243 e. The molecule has 0 spiro atoms. The molecule has 0 nitrogen and oxygen atoms in total. The largest absolute Gasteiger partial charge is 0.395 e. The third kappa shape index (κ3) is 1.72. The Labute approximate surface area is 122 Å². The van der Waals surface area contributed by atoms with Crippen molar-refractivity contribution in [3.8, 4) is 0 Å². The van der Waals surface area contributed by atoms with Crippen LogP contribution in [0.25, 0.3) is 0 Å². The molecule has 5 heteroatoms. The predicted molar refractivity (Wildman–Crippen MR) is 70.2 cm³/mol. The van der Waals surface area contributed by atoms with Crippen LogP contribution in [0.1, 0.15) is 47.0 Å². The van der Waals surface area contributed by atoms with Crippen LogP contribution in [0.4, 0.5) is 22.0 Å². The minimum atomic E-state index is -4.69. The van der Waals surface area contributed by atoms with Gasteiger partial charge in [-0.2, -0.15) is 13.2 Å². The van der Waals surface area contributed by atoms with Gasteiger partial charge in [-0.3, -0.25) is 0 Å². The highest BCUT2D eigenvalue weighted by molar-refractivity contribution is 5.21. The lowest BCUT2D eigenvalue weighted by Crippen LogP contribution is -2.57. The maximum atomic E-state index is 15.2. The highest BCUT2D eigenvalue weighted by Crippen LogP contribution is 2.76. The first kappa shape index (κ1) is 15.5. The van der Waals surface area contributed by atoms with Gasteiger partial charge in [-0.05, 0) is 49.4 Å². The van der Waals surface area contributed by atoms with E-state index in [4.69, 9.17) is 0 Å². The first-order valence-electron chi connectivity index (χ1n) is 7.76. The molecule has 0 N–H and O–H groups in total. The second-order valence-corrected chi connectivity index (χ2v) is 8.31. The molecule has 0 heterocycles. The van der Waals surface area contributed by atoms with Crippen LogP contribution in [0.15, 0.2) is 0 Å². The van der Waals surface area contributed by atoms with E-state index in [1.807, 2.05) is 0 Å². The van der Waals surface area contributed by atoms with Crippen molar-refractivity contribution in [3.05, 3.63) is 0 Å². The first-order valence-corrected chi connectivity index (χ1v) is 7.76. The molecule has 3 aliphatic carbocycles. The van der Waals surface area contributed by atoms with E-state index in [-0.39, 0.29) is 17.8 Å². The van der Waals surface area contributed by atoms with Gasteiger partial charge in [-0.25, -0.2) is 8.78 Å². The van der Waals surface area contributed by atoms with Gasteiger partial charge in [0.05, 0.1) is 5.92 Å². The van der Waals surface area contributed by atoms with Gasteiger partial charge in [-0.1, -0.05) is 20.8 Å². The van der Waals surface area contributed by atoms with Crippen LogP contribution in [0.5, 0.6) is 0 Å². The van der Waals surface area contributed by atoms with E-state index in [2.05, 4.69) is 0 Å². The molecule has 7 unspecified atom stereocenters. The number of halogens is 5. The fourth-order valence-corrected chi connectivity index (χ4v) is 5.48. The van der Waals surface area contributed by atoms with Crippen LogP contribution >= 0.6 is 0 Å². The summed E-state index contributed by atoms with van der Waals surface area (Å²) in [6.07, 6.45) is -5.20. The zero-order chi connectivity index (χ0) is 16.0. The normalized spacial score (nSPS) is 55.6. The van der Waals surface area contributed by atoms with Crippen LogP contribution in [-0.2, 0) is 0 Å². The van der Waals surface area contributed by atoms with Gasteiger partial charge in [0.2, 0.25) is 0 Å². The van der Waals surface area contributed by atoms with Crippen LogP contribution in [0.2, 0.25) is 0 Å².